The third-order valence-electron chi connectivity index (χ3n) is 2.00. The second kappa shape index (κ2) is 3.99. The monoisotopic (exact) mass is 162 g/mol. The van der Waals surface area contributed by atoms with Crippen molar-refractivity contribution in [2.24, 2.45) is 0 Å². The summed E-state index contributed by atoms with van der Waals surface area (Å²) < 4.78 is 12.1. The zero-order chi connectivity index (χ0) is 8.27. The molecular weight excluding hydrogens is 147 g/mol. The van der Waals surface area contributed by atoms with Gasteiger partial charge >= 0.3 is 0 Å². The lowest BCUT2D eigenvalue weighted by molar-refractivity contribution is -0.00213. The highest BCUT2D eigenvalue weighted by Crippen LogP contribution is 2.00. The minimum Gasteiger partial charge on any atom is -0.363 e. The van der Waals surface area contributed by atoms with Gasteiger partial charge in [-0.05, 0) is 7.05 Å². The fourth-order valence-electron chi connectivity index (χ4n) is 1.24. The van der Waals surface area contributed by atoms with Gasteiger partial charge in [0.1, 0.15) is 0 Å². The van der Waals surface area contributed by atoms with Crippen LogP contribution < -0.4 is 0 Å². The molecule has 0 saturated carbocycles. The Labute approximate surface area is 66.4 Å². The molecule has 1 unspecified atom stereocenters. The van der Waals surface area contributed by atoms with Crippen LogP contribution in [0.15, 0.2) is 0 Å². The molecule has 0 aromatic carbocycles. The number of alkyl halides is 1. The lowest BCUT2D eigenvalue weighted by Crippen LogP contribution is -2.46. The molecule has 3 nitrogen and oxygen atoms in total. The molecule has 0 spiro atoms. The highest BCUT2D eigenvalue weighted by Gasteiger charge is 2.15. The molecule has 1 fully saturated rings. The first-order valence-corrected chi connectivity index (χ1v) is 3.91. The smallest absolute Gasteiger partial charge is 0.209 e. The van der Waals surface area contributed by atoms with Crippen LogP contribution in [0.1, 0.15) is 0 Å². The Bertz CT molecular complexity index is 113. The van der Waals surface area contributed by atoms with Gasteiger partial charge < -0.3 is 10.0 Å². The zero-order valence-electron chi connectivity index (χ0n) is 6.83. The summed E-state index contributed by atoms with van der Waals surface area (Å²) in [6.07, 6.45) is -1.68. The molecule has 0 amide bonds. The molecule has 0 bridgehead atoms. The van der Waals surface area contributed by atoms with Crippen molar-refractivity contribution in [1.29, 1.82) is 0 Å². The van der Waals surface area contributed by atoms with Gasteiger partial charge in [0.05, 0.1) is 6.54 Å². The summed E-state index contributed by atoms with van der Waals surface area (Å²) >= 11 is 0. The maximum Gasteiger partial charge on any atom is 0.209 e. The highest BCUT2D eigenvalue weighted by atomic mass is 19.1. The van der Waals surface area contributed by atoms with Crippen LogP contribution in [0.3, 0.4) is 0 Å². The standard InChI is InChI=1S/C7H15FN2O/c1-9-2-4-10(5-3-9)6-7(8)11/h7,11H,2-6H2,1H3. The average molecular weight is 162 g/mol. The Morgan fingerprint density at radius 3 is 2.36 bits per heavy atom. The number of aliphatic hydroxyl groups excluding tert-OH is 1. The van der Waals surface area contributed by atoms with Gasteiger partial charge in [-0.3, -0.25) is 4.90 Å². The number of hydrogen-bond donors (Lipinski definition) is 1. The van der Waals surface area contributed by atoms with E-state index >= 15 is 0 Å². The third kappa shape index (κ3) is 3.14. The molecular formula is C7H15FN2O. The summed E-state index contributed by atoms with van der Waals surface area (Å²) in [5, 5.41) is 8.45. The molecule has 0 aliphatic carbocycles. The number of piperazine rings is 1. The first-order chi connectivity index (χ1) is 5.18. The predicted molar refractivity (Wildman–Crippen MR) is 41.1 cm³/mol. The lowest BCUT2D eigenvalue weighted by atomic mass is 10.3. The molecule has 11 heavy (non-hydrogen) atoms. The van der Waals surface area contributed by atoms with Crippen LogP contribution in [0.5, 0.6) is 0 Å². The summed E-state index contributed by atoms with van der Waals surface area (Å²) in [7, 11) is 2.04. The first kappa shape index (κ1) is 8.90. The van der Waals surface area contributed by atoms with E-state index in [4.69, 9.17) is 5.11 Å². The quantitative estimate of drug-likeness (QED) is 0.594. The van der Waals surface area contributed by atoms with Crippen molar-refractivity contribution in [2.45, 2.75) is 6.36 Å². The van der Waals surface area contributed by atoms with Gasteiger partial charge in [0, 0.05) is 26.2 Å². The fourth-order valence-corrected chi connectivity index (χ4v) is 1.24. The van der Waals surface area contributed by atoms with Crippen LogP contribution in [-0.4, -0.2) is 61.0 Å². The Kier molecular flexibility index (Phi) is 3.23. The average Bonchev–Trinajstić information content (AvgIpc) is 1.93. The van der Waals surface area contributed by atoms with E-state index in [-0.39, 0.29) is 6.54 Å². The van der Waals surface area contributed by atoms with Crippen LogP contribution in [0.25, 0.3) is 0 Å². The van der Waals surface area contributed by atoms with Gasteiger partial charge in [-0.2, -0.15) is 0 Å². The molecule has 4 heteroatoms. The lowest BCUT2D eigenvalue weighted by Gasteiger charge is -2.32. The van der Waals surface area contributed by atoms with Crippen molar-refractivity contribution in [3.8, 4) is 0 Å². The fraction of sp³-hybridized carbons (Fsp3) is 1.00. The van der Waals surface area contributed by atoms with Crippen LogP contribution >= 0.6 is 0 Å². The Morgan fingerprint density at radius 1 is 1.36 bits per heavy atom. The van der Waals surface area contributed by atoms with Gasteiger partial charge in [0.25, 0.3) is 0 Å². The van der Waals surface area contributed by atoms with Crippen molar-refractivity contribution in [3.05, 3.63) is 0 Å². The molecule has 0 aromatic rings. The maximum absolute atomic E-state index is 12.1. The van der Waals surface area contributed by atoms with E-state index in [1.807, 2.05) is 11.9 Å². The minimum absolute atomic E-state index is 0.161. The molecule has 1 saturated heterocycles. The summed E-state index contributed by atoms with van der Waals surface area (Å²) in [6.45, 7) is 3.81. The van der Waals surface area contributed by atoms with E-state index in [1.165, 1.54) is 0 Å². The summed E-state index contributed by atoms with van der Waals surface area (Å²) in [5.74, 6) is 0. The molecule has 1 N–H and O–H groups in total. The van der Waals surface area contributed by atoms with Crippen LogP contribution in [0.2, 0.25) is 0 Å². The Balaban J connectivity index is 2.17. The van der Waals surface area contributed by atoms with Crippen LogP contribution in [-0.2, 0) is 0 Å². The van der Waals surface area contributed by atoms with E-state index in [0.29, 0.717) is 0 Å². The number of rotatable bonds is 2. The Hall–Kier alpha value is -0.190. The predicted octanol–water partition coefficient (Wildman–Crippen LogP) is -0.478. The minimum atomic E-state index is -1.68. The van der Waals surface area contributed by atoms with Gasteiger partial charge in [-0.1, -0.05) is 0 Å². The largest absolute Gasteiger partial charge is 0.363 e. The number of halogens is 1. The first-order valence-electron chi connectivity index (χ1n) is 3.91. The zero-order valence-corrected chi connectivity index (χ0v) is 6.83. The van der Waals surface area contributed by atoms with Gasteiger partial charge in [-0.25, -0.2) is 4.39 Å². The highest BCUT2D eigenvalue weighted by molar-refractivity contribution is 4.69. The molecule has 1 rings (SSSR count). The van der Waals surface area contributed by atoms with Crippen molar-refractivity contribution >= 4 is 0 Å². The van der Waals surface area contributed by atoms with Gasteiger partial charge in [0.15, 0.2) is 0 Å². The summed E-state index contributed by atoms with van der Waals surface area (Å²) in [5.41, 5.74) is 0. The van der Waals surface area contributed by atoms with Crippen molar-refractivity contribution < 1.29 is 9.50 Å². The second-order valence-corrected chi connectivity index (χ2v) is 3.04. The van der Waals surface area contributed by atoms with Crippen LogP contribution in [0.4, 0.5) is 4.39 Å². The normalized spacial score (nSPS) is 25.4. The number of aliphatic hydroxyl groups is 1. The van der Waals surface area contributed by atoms with E-state index in [1.54, 1.807) is 0 Å². The van der Waals surface area contributed by atoms with E-state index in [2.05, 4.69) is 4.90 Å². The van der Waals surface area contributed by atoms with Crippen LogP contribution in [0, 0.1) is 0 Å². The number of likely N-dealkylation sites (N-methyl/N-ethyl adjacent to an activating group) is 1. The van der Waals surface area contributed by atoms with E-state index < -0.39 is 6.36 Å². The molecule has 0 radical (unpaired) electrons. The molecule has 0 aromatic heterocycles. The van der Waals surface area contributed by atoms with Gasteiger partial charge in [0.2, 0.25) is 6.36 Å². The number of nitrogens with zero attached hydrogens (tertiary/aromatic N) is 2. The third-order valence-corrected chi connectivity index (χ3v) is 2.00. The molecule has 1 heterocycles. The maximum atomic E-state index is 12.1. The molecule has 1 aliphatic rings. The summed E-state index contributed by atoms with van der Waals surface area (Å²) in [4.78, 5) is 4.13. The number of hydrogen-bond acceptors (Lipinski definition) is 3. The number of β-amino-alcohol motifs (C(OH)–C–C–N with tert-alkyl or cyclic N) is 1. The second-order valence-electron chi connectivity index (χ2n) is 3.04. The SMILES string of the molecule is CN1CCN(CC(O)F)CC1. The summed E-state index contributed by atoms with van der Waals surface area (Å²) in [6, 6.07) is 0. The molecule has 1 aliphatic heterocycles. The Morgan fingerprint density at radius 2 is 1.91 bits per heavy atom. The van der Waals surface area contributed by atoms with Crippen molar-refractivity contribution in [1.82, 2.24) is 9.80 Å². The van der Waals surface area contributed by atoms with Crippen molar-refractivity contribution in [3.63, 3.8) is 0 Å². The topological polar surface area (TPSA) is 26.7 Å². The van der Waals surface area contributed by atoms with E-state index in [0.717, 1.165) is 26.2 Å². The van der Waals surface area contributed by atoms with Gasteiger partial charge in [-0.15, -0.1) is 0 Å². The van der Waals surface area contributed by atoms with Crippen molar-refractivity contribution in [2.75, 3.05) is 39.8 Å². The van der Waals surface area contributed by atoms with E-state index in [9.17, 15) is 4.39 Å². The molecule has 1 atom stereocenters. The molecule has 66 valence electrons.